The van der Waals surface area contributed by atoms with E-state index in [9.17, 15) is 18.4 Å². The van der Waals surface area contributed by atoms with Crippen molar-refractivity contribution in [1.82, 2.24) is 9.88 Å². The molecule has 0 spiro atoms. The van der Waals surface area contributed by atoms with Gasteiger partial charge in [0.25, 0.3) is 5.91 Å². The normalized spacial score (nSPS) is 21.6. The van der Waals surface area contributed by atoms with E-state index in [1.807, 2.05) is 6.92 Å². The van der Waals surface area contributed by atoms with Gasteiger partial charge in [-0.1, -0.05) is 42.5 Å². The zero-order valence-electron chi connectivity index (χ0n) is 18.9. The van der Waals surface area contributed by atoms with Gasteiger partial charge in [-0.15, -0.1) is 0 Å². The van der Waals surface area contributed by atoms with Crippen LogP contribution >= 0.6 is 23.2 Å². The van der Waals surface area contributed by atoms with E-state index in [2.05, 4.69) is 9.88 Å². The summed E-state index contributed by atoms with van der Waals surface area (Å²) in [6.07, 6.45) is 6.70. The SMILES string of the molecule is Cc1c(C(=O)NC2CC(C(=O)O)C2)cc(-c2ccc(S(=O)O)c(Cl)c2Cl)n1CC1CCCCC1. The highest BCUT2D eigenvalue weighted by molar-refractivity contribution is 7.79. The highest BCUT2D eigenvalue weighted by Crippen LogP contribution is 2.40. The Hall–Kier alpha value is -1.87. The molecule has 1 heterocycles. The lowest BCUT2D eigenvalue weighted by Gasteiger charge is -2.32. The number of rotatable bonds is 7. The van der Waals surface area contributed by atoms with E-state index >= 15 is 0 Å². The Labute approximate surface area is 211 Å². The Bertz CT molecular complexity index is 1140. The maximum Gasteiger partial charge on any atom is 0.306 e. The smallest absolute Gasteiger partial charge is 0.306 e. The van der Waals surface area contributed by atoms with E-state index in [4.69, 9.17) is 28.3 Å². The molecular weight excluding hydrogens is 499 g/mol. The summed E-state index contributed by atoms with van der Waals surface area (Å²) in [5, 5.41) is 12.2. The number of aliphatic carboxylic acids is 1. The largest absolute Gasteiger partial charge is 0.481 e. The molecule has 2 fully saturated rings. The van der Waals surface area contributed by atoms with Gasteiger partial charge in [-0.3, -0.25) is 9.59 Å². The molecule has 10 heteroatoms. The van der Waals surface area contributed by atoms with E-state index in [1.165, 1.54) is 25.3 Å². The Balaban J connectivity index is 1.68. The number of carbonyl (C=O) groups is 2. The van der Waals surface area contributed by atoms with Crippen LogP contribution in [-0.4, -0.2) is 36.4 Å². The maximum absolute atomic E-state index is 13.1. The highest BCUT2D eigenvalue weighted by atomic mass is 35.5. The maximum atomic E-state index is 13.1. The highest BCUT2D eigenvalue weighted by Gasteiger charge is 2.36. The summed E-state index contributed by atoms with van der Waals surface area (Å²) in [6.45, 7) is 2.63. The first-order chi connectivity index (χ1) is 16.2. The molecule has 1 aromatic carbocycles. The number of nitrogens with one attached hydrogen (secondary N) is 1. The number of halogens is 2. The van der Waals surface area contributed by atoms with Gasteiger partial charge >= 0.3 is 5.97 Å². The third-order valence-electron chi connectivity index (χ3n) is 7.11. The Morgan fingerprint density at radius 2 is 1.82 bits per heavy atom. The van der Waals surface area contributed by atoms with Gasteiger partial charge < -0.3 is 19.5 Å². The van der Waals surface area contributed by atoms with Crippen molar-refractivity contribution in [2.24, 2.45) is 11.8 Å². The van der Waals surface area contributed by atoms with Crippen LogP contribution in [0.3, 0.4) is 0 Å². The molecule has 4 rings (SSSR count). The van der Waals surface area contributed by atoms with Gasteiger partial charge in [-0.05, 0) is 56.7 Å². The molecule has 34 heavy (non-hydrogen) atoms. The first-order valence-corrected chi connectivity index (χ1v) is 13.4. The monoisotopic (exact) mass is 526 g/mol. The second-order valence-corrected chi connectivity index (χ2v) is 11.0. The van der Waals surface area contributed by atoms with Crippen molar-refractivity contribution in [3.8, 4) is 11.3 Å². The lowest BCUT2D eigenvalue weighted by atomic mass is 9.80. The van der Waals surface area contributed by atoms with E-state index in [0.29, 0.717) is 29.9 Å². The summed E-state index contributed by atoms with van der Waals surface area (Å²) in [7, 11) is 0. The van der Waals surface area contributed by atoms with E-state index < -0.39 is 23.0 Å². The van der Waals surface area contributed by atoms with Gasteiger partial charge in [0.2, 0.25) is 0 Å². The number of carboxylic acid groups (broad SMARTS) is 1. The van der Waals surface area contributed by atoms with Crippen molar-refractivity contribution in [2.45, 2.75) is 69.4 Å². The van der Waals surface area contributed by atoms with Crippen molar-refractivity contribution in [3.63, 3.8) is 0 Å². The quantitative estimate of drug-likeness (QED) is 0.411. The first-order valence-electron chi connectivity index (χ1n) is 11.5. The zero-order valence-corrected chi connectivity index (χ0v) is 21.2. The van der Waals surface area contributed by atoms with Crippen LogP contribution < -0.4 is 5.32 Å². The molecule has 2 aromatic rings. The Kier molecular flexibility index (Phi) is 7.72. The lowest BCUT2D eigenvalue weighted by Crippen LogP contribution is -2.46. The minimum atomic E-state index is -2.27. The van der Waals surface area contributed by atoms with Crippen molar-refractivity contribution >= 4 is 46.2 Å². The number of carbonyl (C=O) groups excluding carboxylic acids is 1. The van der Waals surface area contributed by atoms with Crippen LogP contribution in [0.2, 0.25) is 10.0 Å². The fraction of sp³-hybridized carbons (Fsp3) is 0.500. The van der Waals surface area contributed by atoms with E-state index in [1.54, 1.807) is 12.1 Å². The number of benzene rings is 1. The minimum absolute atomic E-state index is 0.0169. The molecule has 3 N–H and O–H groups in total. The van der Waals surface area contributed by atoms with Crippen LogP contribution in [0.4, 0.5) is 0 Å². The second kappa shape index (κ2) is 10.4. The molecule has 184 valence electrons. The molecule has 2 aliphatic rings. The predicted octanol–water partition coefficient (Wildman–Crippen LogP) is 5.52. The molecule has 1 unspecified atom stereocenters. The molecule has 7 nitrogen and oxygen atoms in total. The van der Waals surface area contributed by atoms with Crippen LogP contribution in [0.15, 0.2) is 23.1 Å². The molecule has 0 aliphatic heterocycles. The van der Waals surface area contributed by atoms with Crippen molar-refractivity contribution in [1.29, 1.82) is 0 Å². The van der Waals surface area contributed by atoms with E-state index in [-0.39, 0.29) is 26.9 Å². The number of carboxylic acids is 1. The molecule has 1 atom stereocenters. The number of hydrogen-bond acceptors (Lipinski definition) is 3. The number of amides is 1. The molecule has 1 amide bonds. The van der Waals surface area contributed by atoms with Crippen LogP contribution in [0.25, 0.3) is 11.3 Å². The lowest BCUT2D eigenvalue weighted by molar-refractivity contribution is -0.145. The number of aromatic nitrogens is 1. The van der Waals surface area contributed by atoms with Crippen LogP contribution in [-0.2, 0) is 22.4 Å². The van der Waals surface area contributed by atoms with Crippen molar-refractivity contribution in [2.75, 3.05) is 0 Å². The summed E-state index contributed by atoms with van der Waals surface area (Å²) in [5.41, 5.74) is 2.63. The Morgan fingerprint density at radius 1 is 1.15 bits per heavy atom. The molecule has 0 radical (unpaired) electrons. The summed E-state index contributed by atoms with van der Waals surface area (Å²) < 4.78 is 23.2. The third-order valence-corrected chi connectivity index (χ3v) is 8.82. The average molecular weight is 527 g/mol. The summed E-state index contributed by atoms with van der Waals surface area (Å²) in [6, 6.07) is 4.77. The molecule has 0 saturated heterocycles. The van der Waals surface area contributed by atoms with Gasteiger partial charge in [0.05, 0.1) is 32.1 Å². The molecular formula is C24H28Cl2N2O5S. The fourth-order valence-electron chi connectivity index (χ4n) is 5.03. The summed E-state index contributed by atoms with van der Waals surface area (Å²) in [5.74, 6) is -1.00. The first kappa shape index (κ1) is 25.2. The average Bonchev–Trinajstić information content (AvgIpc) is 3.08. The number of nitrogens with zero attached hydrogens (tertiary/aromatic N) is 1. The molecule has 0 bridgehead atoms. The minimum Gasteiger partial charge on any atom is -0.481 e. The van der Waals surface area contributed by atoms with Gasteiger partial charge in [0.15, 0.2) is 11.1 Å². The second-order valence-electron chi connectivity index (χ2n) is 9.31. The van der Waals surface area contributed by atoms with Crippen LogP contribution in [0.5, 0.6) is 0 Å². The fourth-order valence-corrected chi connectivity index (χ4v) is 6.15. The summed E-state index contributed by atoms with van der Waals surface area (Å²) in [4.78, 5) is 24.2. The van der Waals surface area contributed by atoms with Crippen molar-refractivity contribution in [3.05, 3.63) is 39.5 Å². The van der Waals surface area contributed by atoms with Gasteiger partial charge in [0.1, 0.15) is 0 Å². The summed E-state index contributed by atoms with van der Waals surface area (Å²) >= 11 is 10.6. The standard InChI is InChI=1S/C24H28Cl2N2O5S/c1-13-18(23(29)27-16-9-15(10-16)24(30)31)11-19(28(13)12-14-5-3-2-4-6-14)17-7-8-20(34(32)33)22(26)21(17)25/h7-8,11,14-16H,2-6,9-10,12H2,1H3,(H,27,29)(H,30,31)(H,32,33). The van der Waals surface area contributed by atoms with Crippen molar-refractivity contribution < 1.29 is 23.5 Å². The van der Waals surface area contributed by atoms with Crippen LogP contribution in [0, 0.1) is 18.8 Å². The van der Waals surface area contributed by atoms with Gasteiger partial charge in [0, 0.05) is 23.8 Å². The topological polar surface area (TPSA) is 109 Å². The third kappa shape index (κ3) is 5.05. The molecule has 1 aromatic heterocycles. The van der Waals surface area contributed by atoms with E-state index in [0.717, 1.165) is 30.8 Å². The number of hydrogen-bond donors (Lipinski definition) is 3. The zero-order chi connectivity index (χ0) is 24.6. The van der Waals surface area contributed by atoms with Crippen LogP contribution in [0.1, 0.15) is 61.0 Å². The predicted molar refractivity (Wildman–Crippen MR) is 132 cm³/mol. The Morgan fingerprint density at radius 3 is 2.44 bits per heavy atom. The molecule has 2 saturated carbocycles. The van der Waals surface area contributed by atoms with Gasteiger partial charge in [-0.25, -0.2) is 4.21 Å². The van der Waals surface area contributed by atoms with Gasteiger partial charge in [-0.2, -0.15) is 0 Å². The molecule has 2 aliphatic carbocycles.